The number of nitrogens with two attached hydrogens (primary N) is 1. The fraction of sp³-hybridized carbons (Fsp3) is 0.566. The molecule has 1 unspecified atom stereocenters. The molecule has 4 saturated heterocycles. The van der Waals surface area contributed by atoms with Crippen LogP contribution in [0.25, 0.3) is 10.9 Å². The topological polar surface area (TPSA) is 456 Å². The summed E-state index contributed by atoms with van der Waals surface area (Å²) in [6.45, 7) is 6.44. The van der Waals surface area contributed by atoms with Crippen molar-refractivity contribution in [3.63, 3.8) is 0 Å². The molecule has 3 aromatic carbocycles. The fourth-order valence-corrected chi connectivity index (χ4v) is 13.9. The van der Waals surface area contributed by atoms with Gasteiger partial charge in [0.2, 0.25) is 65.0 Å². The molecular formula is C76H108N16O18. The average Bonchev–Trinajstić information content (AvgIpc) is 1.63. The van der Waals surface area contributed by atoms with Gasteiger partial charge in [-0.1, -0.05) is 79.7 Å². The normalized spacial score (nSPS) is 22.7. The van der Waals surface area contributed by atoms with Gasteiger partial charge in [0.15, 0.2) is 0 Å². The number of carbonyl (C=O) groups excluding carboxylic acids is 11. The Hall–Kier alpha value is -9.97. The molecule has 9 atom stereocenters. The molecule has 4 aromatic rings. The molecule has 0 aliphatic carbocycles. The van der Waals surface area contributed by atoms with Crippen molar-refractivity contribution in [3.8, 4) is 0 Å². The molecule has 0 radical (unpaired) electrons. The summed E-state index contributed by atoms with van der Waals surface area (Å²) in [4.78, 5) is 196. The Balaban J connectivity index is 1.11. The highest BCUT2D eigenvalue weighted by Crippen LogP contribution is 2.27. The van der Waals surface area contributed by atoms with Crippen LogP contribution in [0.5, 0.6) is 0 Å². The summed E-state index contributed by atoms with van der Waals surface area (Å²) in [6, 6.07) is 11.5. The molecule has 5 heterocycles. The molecule has 8 rings (SSSR count). The Bertz CT molecular complexity index is 3770. The summed E-state index contributed by atoms with van der Waals surface area (Å²) in [5.74, 6) is -11.0. The Kier molecular flexibility index (Phi) is 34.3. The second kappa shape index (κ2) is 44.0. The molecule has 110 heavy (non-hydrogen) atoms. The third kappa shape index (κ3) is 26.4. The van der Waals surface area contributed by atoms with Crippen LogP contribution in [0, 0.1) is 0 Å². The van der Waals surface area contributed by atoms with Gasteiger partial charge in [0.25, 0.3) is 0 Å². The maximum atomic E-state index is 15.3. The minimum atomic E-state index is -1.76. The van der Waals surface area contributed by atoms with Gasteiger partial charge in [-0.05, 0) is 99.6 Å². The molecule has 0 spiro atoms. The van der Waals surface area contributed by atoms with Crippen LogP contribution >= 0.6 is 0 Å². The van der Waals surface area contributed by atoms with Gasteiger partial charge in [0.1, 0.15) is 54.9 Å². The van der Waals surface area contributed by atoms with Crippen molar-refractivity contribution in [2.24, 2.45) is 5.73 Å². The number of carbonyl (C=O) groups is 13. The van der Waals surface area contributed by atoms with E-state index < -0.39 is 139 Å². The number of carboxylic acids is 2. The van der Waals surface area contributed by atoms with Gasteiger partial charge in [-0.2, -0.15) is 0 Å². The number of piperazine rings is 1. The van der Waals surface area contributed by atoms with Gasteiger partial charge in [-0.25, -0.2) is 0 Å². The van der Waals surface area contributed by atoms with E-state index in [1.807, 2.05) is 30.9 Å². The number of likely N-dealkylation sites (N-methyl/N-ethyl adjacent to an activating group) is 1. The number of amides is 11. The fourth-order valence-electron chi connectivity index (χ4n) is 13.9. The molecule has 14 N–H and O–H groups in total. The summed E-state index contributed by atoms with van der Waals surface area (Å²) in [5, 5.41) is 45.5. The summed E-state index contributed by atoms with van der Waals surface area (Å²) >= 11 is 0. The number of rotatable bonds is 31. The lowest BCUT2D eigenvalue weighted by Gasteiger charge is -2.37. The van der Waals surface area contributed by atoms with E-state index in [1.165, 1.54) is 16.8 Å². The third-order valence-corrected chi connectivity index (χ3v) is 20.0. The van der Waals surface area contributed by atoms with Crippen LogP contribution in [0.4, 0.5) is 0 Å². The van der Waals surface area contributed by atoms with Crippen molar-refractivity contribution >= 4 is 87.8 Å². The maximum absolute atomic E-state index is 15.3. The smallest absolute Gasteiger partial charge is 0.317 e. The molecule has 1 aromatic heterocycles. The number of hydrogen-bond donors (Lipinski definition) is 13. The van der Waals surface area contributed by atoms with Crippen LogP contribution in [0.3, 0.4) is 0 Å². The first-order valence-corrected chi connectivity index (χ1v) is 37.9. The first kappa shape index (κ1) is 85.6. The molecule has 600 valence electrons. The Labute approximate surface area is 639 Å². The highest BCUT2D eigenvalue weighted by Gasteiger charge is 2.45. The first-order chi connectivity index (χ1) is 53.0. The third-order valence-electron chi connectivity index (χ3n) is 20.0. The van der Waals surface area contributed by atoms with E-state index >= 15 is 14.4 Å². The molecule has 4 fully saturated rings. The van der Waals surface area contributed by atoms with E-state index in [0.717, 1.165) is 4.90 Å². The van der Waals surface area contributed by atoms with Crippen molar-refractivity contribution < 1.29 is 86.8 Å². The summed E-state index contributed by atoms with van der Waals surface area (Å²) in [6.07, 6.45) is 2.22. The number of ether oxygens (including phenoxy) is 3. The molecule has 34 heteroatoms. The maximum Gasteiger partial charge on any atom is 0.317 e. The molecule has 4 aliphatic heterocycles. The van der Waals surface area contributed by atoms with Gasteiger partial charge >= 0.3 is 11.9 Å². The number of para-hydroxylation sites is 1. The molecule has 4 aliphatic rings. The lowest BCUT2D eigenvalue weighted by atomic mass is 10.00. The van der Waals surface area contributed by atoms with Crippen LogP contribution in [0.15, 0.2) is 85.1 Å². The molecule has 11 amide bonds. The number of hydrogen-bond acceptors (Lipinski definition) is 20. The largest absolute Gasteiger partial charge is 0.481 e. The van der Waals surface area contributed by atoms with E-state index in [1.54, 1.807) is 72.9 Å². The molecular weight excluding hydrogens is 1420 g/mol. The van der Waals surface area contributed by atoms with Crippen molar-refractivity contribution in [1.29, 1.82) is 0 Å². The van der Waals surface area contributed by atoms with Gasteiger partial charge in [0.05, 0.1) is 52.0 Å². The zero-order valence-electron chi connectivity index (χ0n) is 62.9. The lowest BCUT2D eigenvalue weighted by molar-refractivity contribution is -0.149. The predicted molar refractivity (Wildman–Crippen MR) is 401 cm³/mol. The van der Waals surface area contributed by atoms with Crippen LogP contribution in [0.2, 0.25) is 0 Å². The van der Waals surface area contributed by atoms with E-state index in [4.69, 9.17) is 19.9 Å². The Morgan fingerprint density at radius 3 is 1.90 bits per heavy atom. The van der Waals surface area contributed by atoms with Crippen molar-refractivity contribution in [3.05, 3.63) is 107 Å². The van der Waals surface area contributed by atoms with E-state index in [2.05, 4.69) is 57.7 Å². The summed E-state index contributed by atoms with van der Waals surface area (Å²) < 4.78 is 16.6. The first-order valence-electron chi connectivity index (χ1n) is 37.9. The Morgan fingerprint density at radius 2 is 1.19 bits per heavy atom. The number of nitrogens with one attached hydrogen (secondary N) is 10. The number of aliphatic carboxylic acids is 2. The lowest BCUT2D eigenvalue weighted by Crippen LogP contribution is -2.60. The zero-order chi connectivity index (χ0) is 79.1. The number of carboxylic acid groups (broad SMARTS) is 2. The van der Waals surface area contributed by atoms with Gasteiger partial charge in [-0.15, -0.1) is 0 Å². The number of nitrogens with zero attached hydrogens (tertiary/aromatic N) is 5. The number of aromatic amines is 1. The summed E-state index contributed by atoms with van der Waals surface area (Å²) in [5.41, 5.74) is 8.54. The van der Waals surface area contributed by atoms with Crippen LogP contribution < -0.4 is 53.6 Å². The second-order valence-electron chi connectivity index (χ2n) is 28.0. The van der Waals surface area contributed by atoms with E-state index in [-0.39, 0.29) is 123 Å². The van der Waals surface area contributed by atoms with Crippen molar-refractivity contribution in [2.75, 3.05) is 119 Å². The monoisotopic (exact) mass is 1530 g/mol. The molecule has 0 bridgehead atoms. The summed E-state index contributed by atoms with van der Waals surface area (Å²) in [7, 11) is 1.37. The standard InChI is InChI=1S/C76H108N16O18/c1-4-34-108-35-25-57-71(102)85-59(41-53-44-79-55-17-9-8-16-54(53)55)69(100)81-45-64(93)83-56(18-10-11-27-78-49(2)90-32-30-89(31-33-90)47-68(98)99)70(101)87-60(42-67(96)97)75(106)92-29-13-20-62(92)76(107)91-28-12-19-61(91)73(104)82-46-66(95)88(3)63(40-50-14-6-5-7-15-50)74(105)86-58(72(103)84-57)39-51-21-23-52(24-22-51)43-80-65(94)48-110-38-37-109-36-26-77/h5-9,14-17,21-24,44,49,56-63,78-79H,4,10-13,18-20,25-43,45-48,77H2,1-3H3,(H,80,94)(H,81,100)(H,82,104)(H,83,93)(H,84,103)(H,85,102)(H,86,105)(H,87,101)(H,96,97)(H,98,99)/t49?,56-,57-,58-,59-,60-,61-,62+,63-/m0/s1. The highest BCUT2D eigenvalue weighted by molar-refractivity contribution is 6.00. The number of H-pyrrole nitrogens is 1. The van der Waals surface area contributed by atoms with E-state index in [0.29, 0.717) is 105 Å². The van der Waals surface area contributed by atoms with E-state index in [9.17, 15) is 58.2 Å². The SMILES string of the molecule is CCCOCC[C@@H]1NC(=O)[C@H](Cc2ccc(CNC(=O)COCCOCCN)cc2)NC(=O)[C@H](Cc2ccccc2)N(C)C(=O)CNC(=O)[C@@H]2CCCN2C(=O)[C@H]2CCCN2C(=O)[C@H](CC(=O)O)NC(=O)[C@H](CCCCNC(C)N2CCN(CC(=O)O)CC2)NC(=O)CNC(=O)[C@H](Cc2c[nH]c3ccccc23)NC1=O. The van der Waals surface area contributed by atoms with Crippen LogP contribution in [-0.4, -0.2) is 290 Å². The zero-order valence-corrected chi connectivity index (χ0v) is 62.9. The van der Waals surface area contributed by atoms with Gasteiger partial charge < -0.3 is 97.7 Å². The minimum Gasteiger partial charge on any atom is -0.481 e. The van der Waals surface area contributed by atoms with Crippen molar-refractivity contribution in [1.82, 2.24) is 77.3 Å². The van der Waals surface area contributed by atoms with Gasteiger partial charge in [-0.3, -0.25) is 72.1 Å². The predicted octanol–water partition coefficient (Wildman–Crippen LogP) is -1.62. The van der Waals surface area contributed by atoms with Gasteiger partial charge in [0, 0.05) is 109 Å². The Morgan fingerprint density at radius 1 is 0.582 bits per heavy atom. The van der Waals surface area contributed by atoms with Crippen LogP contribution in [-0.2, 0) is 102 Å². The van der Waals surface area contributed by atoms with Crippen LogP contribution in [0.1, 0.15) is 100 Å². The number of aromatic nitrogens is 1. The number of fused-ring (bicyclic) bond motifs is 3. The second-order valence-corrected chi connectivity index (χ2v) is 28.0. The molecule has 0 saturated carbocycles. The van der Waals surface area contributed by atoms with Crippen molar-refractivity contribution in [2.45, 2.75) is 158 Å². The number of unbranched alkanes of at least 4 members (excludes halogenated alkanes) is 1. The highest BCUT2D eigenvalue weighted by atomic mass is 16.5. The number of benzene rings is 3. The minimum absolute atomic E-state index is 0.0182. The molecule has 34 nitrogen and oxygen atoms in total. The quantitative estimate of drug-likeness (QED) is 0.0252. The average molecular weight is 1530 g/mol.